The van der Waals surface area contributed by atoms with Crippen molar-refractivity contribution in [3.63, 3.8) is 0 Å². The number of halogens is 1. The summed E-state index contributed by atoms with van der Waals surface area (Å²) in [5.74, 6) is -0.0625. The summed E-state index contributed by atoms with van der Waals surface area (Å²) in [5, 5.41) is 4.74. The van der Waals surface area contributed by atoms with Gasteiger partial charge in [-0.05, 0) is 45.9 Å². The van der Waals surface area contributed by atoms with E-state index in [4.69, 9.17) is 0 Å². The van der Waals surface area contributed by atoms with Gasteiger partial charge in [-0.1, -0.05) is 6.07 Å². The number of aromatic nitrogens is 1. The van der Waals surface area contributed by atoms with Gasteiger partial charge in [0.1, 0.15) is 4.88 Å². The summed E-state index contributed by atoms with van der Waals surface area (Å²) >= 11 is 4.76. The number of carbonyl (C=O) groups excluding carboxylic acids is 1. The molecule has 0 aliphatic carbocycles. The molecule has 88 valence electrons. The highest BCUT2D eigenvalue weighted by Gasteiger charge is 2.10. The second kappa shape index (κ2) is 5.42. The van der Waals surface area contributed by atoms with Crippen LogP contribution in [0.5, 0.6) is 0 Å². The van der Waals surface area contributed by atoms with E-state index in [0.29, 0.717) is 11.4 Å². The largest absolute Gasteiger partial charge is 0.347 e. The summed E-state index contributed by atoms with van der Waals surface area (Å²) in [6.07, 6.45) is 1.78. The minimum absolute atomic E-state index is 0.0625. The zero-order chi connectivity index (χ0) is 12.3. The lowest BCUT2D eigenvalue weighted by Gasteiger charge is -2.04. The molecule has 1 N–H and O–H groups in total. The van der Waals surface area contributed by atoms with Crippen LogP contribution in [-0.4, -0.2) is 10.9 Å². The van der Waals surface area contributed by atoms with Crippen molar-refractivity contribution >= 4 is 33.2 Å². The van der Waals surface area contributed by atoms with Crippen LogP contribution < -0.4 is 5.32 Å². The molecule has 0 saturated carbocycles. The fourth-order valence-electron chi connectivity index (χ4n) is 1.32. The van der Waals surface area contributed by atoms with E-state index >= 15 is 0 Å². The highest BCUT2D eigenvalue weighted by atomic mass is 79.9. The molecular weight excluding hydrogens is 300 g/mol. The van der Waals surface area contributed by atoms with E-state index in [1.807, 2.05) is 30.5 Å². The van der Waals surface area contributed by atoms with Crippen molar-refractivity contribution in [2.24, 2.45) is 0 Å². The summed E-state index contributed by atoms with van der Waals surface area (Å²) < 4.78 is 0.835. The van der Waals surface area contributed by atoms with Gasteiger partial charge >= 0.3 is 0 Å². The number of amides is 1. The van der Waals surface area contributed by atoms with E-state index in [1.54, 1.807) is 6.20 Å². The maximum Gasteiger partial charge on any atom is 0.262 e. The van der Waals surface area contributed by atoms with Gasteiger partial charge in [-0.15, -0.1) is 11.3 Å². The van der Waals surface area contributed by atoms with E-state index in [1.165, 1.54) is 11.3 Å². The third kappa shape index (κ3) is 3.14. The molecule has 0 bridgehead atoms. The first-order chi connectivity index (χ1) is 8.16. The Bertz CT molecular complexity index is 522. The van der Waals surface area contributed by atoms with Gasteiger partial charge in [0.2, 0.25) is 0 Å². The molecule has 2 rings (SSSR count). The molecule has 1 amide bonds. The third-order valence-electron chi connectivity index (χ3n) is 2.25. The number of nitrogens with one attached hydrogen (secondary N) is 1. The van der Waals surface area contributed by atoms with E-state index in [2.05, 4.69) is 26.2 Å². The molecule has 0 aliphatic rings. The standard InChI is InChI=1S/C12H11BrN2OS/c1-8-2-3-9(6-14-8)7-15-12(16)11-10(13)4-5-17-11/h2-6H,7H2,1H3,(H,15,16). The summed E-state index contributed by atoms with van der Waals surface area (Å²) in [6.45, 7) is 2.43. The number of thiophene rings is 1. The topological polar surface area (TPSA) is 42.0 Å². The number of hydrogen-bond acceptors (Lipinski definition) is 3. The van der Waals surface area contributed by atoms with E-state index in [0.717, 1.165) is 15.7 Å². The minimum Gasteiger partial charge on any atom is -0.347 e. The quantitative estimate of drug-likeness (QED) is 0.946. The number of nitrogens with zero attached hydrogens (tertiary/aromatic N) is 1. The zero-order valence-electron chi connectivity index (χ0n) is 9.24. The van der Waals surface area contributed by atoms with Gasteiger partial charge in [-0.2, -0.15) is 0 Å². The van der Waals surface area contributed by atoms with Crippen molar-refractivity contribution < 1.29 is 4.79 Å². The van der Waals surface area contributed by atoms with Gasteiger partial charge in [0, 0.05) is 22.9 Å². The van der Waals surface area contributed by atoms with Crippen LogP contribution in [0.25, 0.3) is 0 Å². The Morgan fingerprint density at radius 1 is 1.47 bits per heavy atom. The predicted molar refractivity (Wildman–Crippen MR) is 72.2 cm³/mol. The fourth-order valence-corrected chi connectivity index (χ4v) is 2.79. The third-order valence-corrected chi connectivity index (χ3v) is 4.09. The molecule has 3 nitrogen and oxygen atoms in total. The van der Waals surface area contributed by atoms with Crippen LogP contribution in [0.1, 0.15) is 20.9 Å². The second-order valence-electron chi connectivity index (χ2n) is 3.59. The molecule has 0 saturated heterocycles. The summed E-state index contributed by atoms with van der Waals surface area (Å²) in [5.41, 5.74) is 1.97. The molecule has 0 radical (unpaired) electrons. The SMILES string of the molecule is Cc1ccc(CNC(=O)c2sccc2Br)cn1. The average Bonchev–Trinajstić information content (AvgIpc) is 2.74. The van der Waals surface area contributed by atoms with Crippen molar-refractivity contribution in [3.8, 4) is 0 Å². The monoisotopic (exact) mass is 310 g/mol. The molecule has 2 aromatic heterocycles. The van der Waals surface area contributed by atoms with Crippen LogP contribution in [0.3, 0.4) is 0 Å². The summed E-state index contributed by atoms with van der Waals surface area (Å²) in [7, 11) is 0. The molecule has 0 unspecified atom stereocenters. The van der Waals surface area contributed by atoms with Gasteiger partial charge in [-0.3, -0.25) is 9.78 Å². The molecular formula is C12H11BrN2OS. The van der Waals surface area contributed by atoms with Crippen LogP contribution >= 0.6 is 27.3 Å². The van der Waals surface area contributed by atoms with Crippen LogP contribution in [-0.2, 0) is 6.54 Å². The Labute approximate surface area is 112 Å². The molecule has 5 heteroatoms. The lowest BCUT2D eigenvalue weighted by Crippen LogP contribution is -2.22. The number of hydrogen-bond donors (Lipinski definition) is 1. The van der Waals surface area contributed by atoms with Gasteiger partial charge in [0.25, 0.3) is 5.91 Å². The Hall–Kier alpha value is -1.20. The van der Waals surface area contributed by atoms with Gasteiger partial charge in [0.05, 0.1) is 0 Å². The number of aryl methyl sites for hydroxylation is 1. The van der Waals surface area contributed by atoms with Crippen LogP contribution in [0.4, 0.5) is 0 Å². The van der Waals surface area contributed by atoms with Crippen molar-refractivity contribution in [1.29, 1.82) is 0 Å². The zero-order valence-corrected chi connectivity index (χ0v) is 11.6. The van der Waals surface area contributed by atoms with Gasteiger partial charge < -0.3 is 5.32 Å². The predicted octanol–water partition coefficient (Wildman–Crippen LogP) is 3.14. The molecule has 2 heterocycles. The fraction of sp³-hybridized carbons (Fsp3) is 0.167. The van der Waals surface area contributed by atoms with E-state index in [9.17, 15) is 4.79 Å². The lowest BCUT2D eigenvalue weighted by atomic mass is 10.2. The van der Waals surface area contributed by atoms with Crippen molar-refractivity contribution in [3.05, 3.63) is 50.4 Å². The van der Waals surface area contributed by atoms with Crippen molar-refractivity contribution in [2.45, 2.75) is 13.5 Å². The highest BCUT2D eigenvalue weighted by Crippen LogP contribution is 2.22. The molecule has 0 spiro atoms. The number of pyridine rings is 1. The molecule has 0 fully saturated rings. The van der Waals surface area contributed by atoms with E-state index < -0.39 is 0 Å². The minimum atomic E-state index is -0.0625. The molecule has 0 aliphatic heterocycles. The summed E-state index contributed by atoms with van der Waals surface area (Å²) in [6, 6.07) is 5.77. The molecule has 0 aromatic carbocycles. The van der Waals surface area contributed by atoms with Gasteiger partial charge in [0.15, 0.2) is 0 Å². The molecule has 17 heavy (non-hydrogen) atoms. The molecule has 2 aromatic rings. The summed E-state index contributed by atoms with van der Waals surface area (Å²) in [4.78, 5) is 16.7. The smallest absolute Gasteiger partial charge is 0.262 e. The van der Waals surface area contributed by atoms with Crippen LogP contribution in [0.2, 0.25) is 0 Å². The highest BCUT2D eigenvalue weighted by molar-refractivity contribution is 9.10. The Balaban J connectivity index is 1.97. The van der Waals surface area contributed by atoms with Crippen LogP contribution in [0, 0.1) is 6.92 Å². The first-order valence-electron chi connectivity index (χ1n) is 5.09. The number of carbonyl (C=O) groups is 1. The van der Waals surface area contributed by atoms with Crippen molar-refractivity contribution in [2.75, 3.05) is 0 Å². The normalized spacial score (nSPS) is 10.2. The average molecular weight is 311 g/mol. The lowest BCUT2D eigenvalue weighted by molar-refractivity contribution is 0.0954. The first kappa shape index (κ1) is 12.3. The Morgan fingerprint density at radius 2 is 2.29 bits per heavy atom. The molecule has 0 atom stereocenters. The van der Waals surface area contributed by atoms with Crippen LogP contribution in [0.15, 0.2) is 34.2 Å². The van der Waals surface area contributed by atoms with E-state index in [-0.39, 0.29) is 5.91 Å². The maximum atomic E-state index is 11.8. The Kier molecular flexibility index (Phi) is 3.91. The van der Waals surface area contributed by atoms with Gasteiger partial charge in [-0.25, -0.2) is 0 Å². The Morgan fingerprint density at radius 3 is 2.88 bits per heavy atom. The van der Waals surface area contributed by atoms with Crippen molar-refractivity contribution in [1.82, 2.24) is 10.3 Å². The maximum absolute atomic E-state index is 11.8. The number of rotatable bonds is 3. The second-order valence-corrected chi connectivity index (χ2v) is 5.36. The first-order valence-corrected chi connectivity index (χ1v) is 6.77.